The highest BCUT2D eigenvalue weighted by Crippen LogP contribution is 2.32. The van der Waals surface area contributed by atoms with E-state index in [1.54, 1.807) is 36.1 Å². The Morgan fingerprint density at radius 3 is 2.16 bits per heavy atom. The van der Waals surface area contributed by atoms with Crippen LogP contribution in [0.5, 0.6) is 11.5 Å². The molecule has 16 heteroatoms. The molecule has 3 aromatic rings. The maximum Gasteiger partial charge on any atom is 0.237 e. The monoisotopic (exact) mass is 980 g/mol. The van der Waals surface area contributed by atoms with Gasteiger partial charge in [-0.25, -0.2) is 4.98 Å². The summed E-state index contributed by atoms with van der Waals surface area (Å²) in [6.07, 6.45) is 20.0. The van der Waals surface area contributed by atoms with Crippen molar-refractivity contribution in [2.45, 2.75) is 113 Å². The number of fused-ring (bicyclic) bond motifs is 1. The molecule has 4 rings (SSSR count). The van der Waals surface area contributed by atoms with Crippen LogP contribution in [0.3, 0.4) is 0 Å². The number of aromatic nitrogens is 2. The van der Waals surface area contributed by atoms with Crippen LogP contribution in [0.4, 0.5) is 0 Å². The number of aliphatic imine (C=N–C) groups is 1. The Hall–Kier alpha value is -5.29. The van der Waals surface area contributed by atoms with Gasteiger partial charge in [0.2, 0.25) is 18.6 Å². The van der Waals surface area contributed by atoms with Crippen LogP contribution in [0.15, 0.2) is 96.8 Å². The van der Waals surface area contributed by atoms with Gasteiger partial charge in [-0.2, -0.15) is 12.6 Å². The van der Waals surface area contributed by atoms with Crippen molar-refractivity contribution < 1.29 is 28.7 Å². The van der Waals surface area contributed by atoms with Gasteiger partial charge in [0.15, 0.2) is 11.5 Å². The molecule has 15 nitrogen and oxygen atoms in total. The number of allylic oxidation sites excluding steroid dienone is 1. The van der Waals surface area contributed by atoms with E-state index in [0.29, 0.717) is 39.3 Å². The summed E-state index contributed by atoms with van der Waals surface area (Å²) < 4.78 is 12.6. The number of rotatable bonds is 27. The minimum Gasteiger partial charge on any atom is -0.454 e. The summed E-state index contributed by atoms with van der Waals surface area (Å²) in [4.78, 5) is 62.8. The van der Waals surface area contributed by atoms with Crippen molar-refractivity contribution in [3.8, 4) is 11.5 Å². The summed E-state index contributed by atoms with van der Waals surface area (Å²) in [5.41, 5.74) is 8.47. The second kappa shape index (κ2) is 45.2. The van der Waals surface area contributed by atoms with Gasteiger partial charge in [0.25, 0.3) is 0 Å². The van der Waals surface area contributed by atoms with Crippen molar-refractivity contribution in [1.29, 1.82) is 0 Å². The zero-order valence-electron chi connectivity index (χ0n) is 43.9. The van der Waals surface area contributed by atoms with Crippen LogP contribution in [0.2, 0.25) is 0 Å². The van der Waals surface area contributed by atoms with E-state index in [-0.39, 0.29) is 44.3 Å². The Bertz CT molecular complexity index is 1790. The Kier molecular flexibility index (Phi) is 43.1. The lowest BCUT2D eigenvalue weighted by molar-refractivity contribution is -0.132. The Labute approximate surface area is 422 Å². The fourth-order valence-corrected chi connectivity index (χ4v) is 6.36. The molecule has 1 aromatic heterocycles. The molecule has 1 aliphatic rings. The molecule has 2 amide bonds. The summed E-state index contributed by atoms with van der Waals surface area (Å²) in [5, 5.41) is 3.12. The van der Waals surface area contributed by atoms with Crippen molar-refractivity contribution in [1.82, 2.24) is 34.5 Å². The molecule has 3 N–H and O–H groups in total. The number of amides is 2. The first-order valence-corrected chi connectivity index (χ1v) is 25.3. The SMILES string of the molecule is C=C(CN(CCCC)C(=O)CN(C)CCCCN)N(CC=O)C(C)c1ccccc1.CC.CC=N/C=C\C.CCC.CS.O=CCN(CCCn1ccnc1)C(=O)CNCc1ccc2c(c1)OCO2. The van der Waals surface area contributed by atoms with Gasteiger partial charge in [-0.05, 0) is 96.1 Å². The number of aryl methyl sites for hydroxylation is 1. The maximum atomic E-state index is 13.0. The highest BCUT2D eigenvalue weighted by Gasteiger charge is 2.22. The van der Waals surface area contributed by atoms with Crippen LogP contribution in [0, 0.1) is 0 Å². The third kappa shape index (κ3) is 30.7. The van der Waals surface area contributed by atoms with E-state index in [9.17, 15) is 19.2 Å². The number of nitrogens with two attached hydrogens (primary N) is 1. The molecule has 2 heterocycles. The van der Waals surface area contributed by atoms with Crippen molar-refractivity contribution in [2.75, 3.05) is 79.0 Å². The molecule has 0 radical (unpaired) electrons. The van der Waals surface area contributed by atoms with E-state index in [2.05, 4.69) is 67.1 Å². The highest BCUT2D eigenvalue weighted by molar-refractivity contribution is 7.79. The Balaban J connectivity index is 0. The number of imidazole rings is 1. The number of ether oxygens (including phenoxy) is 2. The molecule has 0 saturated heterocycles. The third-order valence-corrected chi connectivity index (χ3v) is 9.81. The number of thiol groups is 1. The minimum absolute atomic E-state index is 0.00552. The summed E-state index contributed by atoms with van der Waals surface area (Å²) in [6, 6.07) is 15.7. The van der Waals surface area contributed by atoms with Crippen molar-refractivity contribution in [3.63, 3.8) is 0 Å². The van der Waals surface area contributed by atoms with Crippen LogP contribution in [0.1, 0.15) is 111 Å². The molecule has 388 valence electrons. The lowest BCUT2D eigenvalue weighted by Gasteiger charge is -2.35. The van der Waals surface area contributed by atoms with Crippen molar-refractivity contribution in [3.05, 3.63) is 103 Å². The van der Waals surface area contributed by atoms with Crippen LogP contribution < -0.4 is 20.5 Å². The van der Waals surface area contributed by atoms with Crippen molar-refractivity contribution in [2.24, 2.45) is 10.7 Å². The van der Waals surface area contributed by atoms with Crippen molar-refractivity contribution >= 4 is 43.2 Å². The quantitative estimate of drug-likeness (QED) is 0.0290. The second-order valence-corrected chi connectivity index (χ2v) is 15.4. The summed E-state index contributed by atoms with van der Waals surface area (Å²) in [5.74, 6) is 1.46. The molecule has 1 aliphatic heterocycles. The lowest BCUT2D eigenvalue weighted by atomic mass is 10.1. The summed E-state index contributed by atoms with van der Waals surface area (Å²) >= 11 is 3.53. The van der Waals surface area contributed by atoms with E-state index in [1.807, 2.05) is 110 Å². The zero-order chi connectivity index (χ0) is 52.1. The van der Waals surface area contributed by atoms with Gasteiger partial charge in [0, 0.05) is 56.7 Å². The minimum atomic E-state index is -0.0940. The second-order valence-electron chi connectivity index (χ2n) is 15.4. The number of nitrogens with zero attached hydrogens (tertiary/aromatic N) is 7. The van der Waals surface area contributed by atoms with Gasteiger partial charge in [0.1, 0.15) is 12.6 Å². The number of carbonyl (C=O) groups excluding carboxylic acids is 4. The zero-order valence-corrected chi connectivity index (χ0v) is 44.7. The molecule has 0 fully saturated rings. The van der Waals surface area contributed by atoms with Crippen LogP contribution >= 0.6 is 12.6 Å². The average molecular weight is 980 g/mol. The summed E-state index contributed by atoms with van der Waals surface area (Å²) in [7, 11) is 1.97. The number of carbonyl (C=O) groups is 4. The van der Waals surface area contributed by atoms with E-state index in [4.69, 9.17) is 15.2 Å². The van der Waals surface area contributed by atoms with Crippen LogP contribution in [-0.4, -0.2) is 139 Å². The predicted octanol–water partition coefficient (Wildman–Crippen LogP) is 8.48. The standard InChI is InChI=1S/C24H40N4O2.C18H22N4O4.C5H9N.C3H8.C2H6.CH4S/c1-5-6-16-27(24(30)20-26(4)15-11-10-14-25)19-21(2)28(17-18-29)22(3)23-12-8-7-9-13-23;23-9-8-22(6-1-5-21-7-4-19-13-21)18(24)12-20-11-15-2-3-16-17(10-15)26-14-25-16;1-3-5-6-4-2;1-3-2;2*1-2/h7-9,12-13,18,22H,2,5-6,10-11,14-17,19-20,25H2,1,3-4H3;2-4,7,9-10,13,20H,1,5-6,8,11-12,14H2;3-5H,1-2H3;3H2,1-2H3;1-2H3;2H,1H3/b;;5-3-,6-4?;;;. The first-order chi connectivity index (χ1) is 33.5. The van der Waals surface area contributed by atoms with E-state index >= 15 is 0 Å². The Morgan fingerprint density at radius 1 is 0.913 bits per heavy atom. The fraction of sp³-hybridized carbons (Fsp3) is 0.547. The van der Waals surface area contributed by atoms with Gasteiger partial charge in [-0.3, -0.25) is 19.5 Å². The molecule has 0 bridgehead atoms. The normalized spacial score (nSPS) is 11.2. The molecule has 0 spiro atoms. The fourth-order valence-electron chi connectivity index (χ4n) is 6.36. The maximum absolute atomic E-state index is 13.0. The van der Waals surface area contributed by atoms with Crippen LogP contribution in [-0.2, 0) is 32.3 Å². The molecule has 2 aromatic carbocycles. The van der Waals surface area contributed by atoms with Gasteiger partial charge < -0.3 is 49.4 Å². The number of hydrogen-bond acceptors (Lipinski definition) is 13. The molecular formula is C53H89N9O6S. The van der Waals surface area contributed by atoms with Gasteiger partial charge >= 0.3 is 0 Å². The van der Waals surface area contributed by atoms with Gasteiger partial charge in [0.05, 0.1) is 45.1 Å². The predicted molar refractivity (Wildman–Crippen MR) is 289 cm³/mol. The molecule has 0 saturated carbocycles. The van der Waals surface area contributed by atoms with Gasteiger partial charge in [-0.1, -0.05) is 96.5 Å². The molecule has 1 unspecified atom stereocenters. The topological polar surface area (TPSA) is 168 Å². The molecular weight excluding hydrogens is 891 g/mol. The lowest BCUT2D eigenvalue weighted by Crippen LogP contribution is -2.43. The number of unbranched alkanes of at least 4 members (excludes halogenated alkanes) is 2. The Morgan fingerprint density at radius 2 is 1.58 bits per heavy atom. The number of hydrogen-bond donors (Lipinski definition) is 3. The largest absolute Gasteiger partial charge is 0.454 e. The first-order valence-electron chi connectivity index (χ1n) is 24.4. The number of aldehydes is 2. The van der Waals surface area contributed by atoms with E-state index in [0.717, 1.165) is 86.1 Å². The van der Waals surface area contributed by atoms with Crippen LogP contribution in [0.25, 0.3) is 0 Å². The first kappa shape index (κ1) is 65.8. The van der Waals surface area contributed by atoms with E-state index < -0.39 is 0 Å². The average Bonchev–Trinajstić information content (AvgIpc) is 4.08. The molecule has 0 aliphatic carbocycles. The smallest absolute Gasteiger partial charge is 0.237 e. The number of nitrogens with one attached hydrogen (secondary N) is 1. The third-order valence-electron chi connectivity index (χ3n) is 9.81. The number of benzene rings is 2. The highest BCUT2D eigenvalue weighted by atomic mass is 32.1. The van der Waals surface area contributed by atoms with Gasteiger partial charge in [-0.15, -0.1) is 0 Å². The van der Waals surface area contributed by atoms with E-state index in [1.165, 1.54) is 6.42 Å². The molecule has 69 heavy (non-hydrogen) atoms. The number of likely N-dealkylation sites (N-methyl/N-ethyl adjacent to an activating group) is 1. The summed E-state index contributed by atoms with van der Waals surface area (Å²) in [6.45, 7) is 26.1. The molecule has 1 atom stereocenters.